The van der Waals surface area contributed by atoms with E-state index in [0.717, 1.165) is 71.7 Å². The summed E-state index contributed by atoms with van der Waals surface area (Å²) in [5, 5.41) is 26.2. The summed E-state index contributed by atoms with van der Waals surface area (Å²) in [5.41, 5.74) is 10.8. The highest BCUT2D eigenvalue weighted by Crippen LogP contribution is 2.39. The summed E-state index contributed by atoms with van der Waals surface area (Å²) in [6, 6.07) is 57.3. The van der Waals surface area contributed by atoms with Crippen LogP contribution in [0.15, 0.2) is 152 Å². The molecule has 226 valence electrons. The zero-order valence-electron chi connectivity index (χ0n) is 26.2. The van der Waals surface area contributed by atoms with Gasteiger partial charge in [0.2, 0.25) is 0 Å². The molecule has 0 radical (unpaired) electrons. The van der Waals surface area contributed by atoms with Crippen LogP contribution in [-0.2, 0) is 0 Å². The van der Waals surface area contributed by atoms with E-state index in [4.69, 9.17) is 0 Å². The second kappa shape index (κ2) is 10.2. The van der Waals surface area contributed by atoms with E-state index >= 15 is 0 Å². The van der Waals surface area contributed by atoms with E-state index in [1.165, 1.54) is 10.8 Å². The lowest BCUT2D eigenvalue weighted by Gasteiger charge is -2.17. The van der Waals surface area contributed by atoms with E-state index < -0.39 is 0 Å². The molecule has 0 amide bonds. The van der Waals surface area contributed by atoms with Crippen molar-refractivity contribution in [3.63, 3.8) is 0 Å². The standard InChI is InChI=1S/C44H25N5/c45-26-28-17-19-43-37(21-28)35-11-3-7-15-41(35)48(43)31-23-30(47-39-13-5-1-9-33(39)34-10-2-6-14-40(34)47)24-32(25-31)49-42-16-8-4-12-36(42)38-22-29(27-46)18-20-44(38)49/h1-25H. The van der Waals surface area contributed by atoms with Crippen molar-refractivity contribution in [2.45, 2.75) is 0 Å². The molecule has 5 nitrogen and oxygen atoms in total. The highest BCUT2D eigenvalue weighted by molar-refractivity contribution is 6.12. The van der Waals surface area contributed by atoms with Crippen LogP contribution < -0.4 is 0 Å². The van der Waals surface area contributed by atoms with Crippen LogP contribution >= 0.6 is 0 Å². The Labute approximate surface area is 280 Å². The number of benzene rings is 7. The molecular formula is C44H25N5. The first-order valence-corrected chi connectivity index (χ1v) is 16.2. The predicted octanol–water partition coefficient (Wildman–Crippen LogP) is 10.7. The Balaban J connectivity index is 1.37. The molecule has 49 heavy (non-hydrogen) atoms. The summed E-state index contributed by atoms with van der Waals surface area (Å²) in [5.74, 6) is 0. The second-order valence-electron chi connectivity index (χ2n) is 12.5. The first kappa shape index (κ1) is 27.1. The highest BCUT2D eigenvalue weighted by Gasteiger charge is 2.19. The maximum Gasteiger partial charge on any atom is 0.0991 e. The minimum absolute atomic E-state index is 0.636. The van der Waals surface area contributed by atoms with Crippen LogP contribution in [0.1, 0.15) is 11.1 Å². The first-order chi connectivity index (χ1) is 24.2. The molecule has 3 heterocycles. The fourth-order valence-corrected chi connectivity index (χ4v) is 7.81. The summed E-state index contributed by atoms with van der Waals surface area (Å²) in [7, 11) is 0. The Kier molecular flexibility index (Phi) is 5.64. The third-order valence-corrected chi connectivity index (χ3v) is 9.85. The molecule has 0 bridgehead atoms. The van der Waals surface area contributed by atoms with Crippen molar-refractivity contribution in [1.29, 1.82) is 10.5 Å². The van der Waals surface area contributed by atoms with Gasteiger partial charge < -0.3 is 13.7 Å². The molecule has 10 aromatic rings. The molecule has 7 aromatic carbocycles. The Morgan fingerprint density at radius 2 is 0.592 bits per heavy atom. The Morgan fingerprint density at radius 1 is 0.306 bits per heavy atom. The lowest BCUT2D eigenvalue weighted by atomic mass is 10.1. The Hall–Kier alpha value is -7.08. The van der Waals surface area contributed by atoms with Gasteiger partial charge in [0, 0.05) is 32.3 Å². The van der Waals surface area contributed by atoms with Gasteiger partial charge in [0.15, 0.2) is 0 Å². The number of rotatable bonds is 3. The van der Waals surface area contributed by atoms with Crippen LogP contribution in [0.2, 0.25) is 0 Å². The number of hydrogen-bond acceptors (Lipinski definition) is 2. The van der Waals surface area contributed by atoms with Gasteiger partial charge >= 0.3 is 0 Å². The molecule has 0 fully saturated rings. The number of nitriles is 2. The van der Waals surface area contributed by atoms with Gasteiger partial charge in [0.1, 0.15) is 0 Å². The van der Waals surface area contributed by atoms with E-state index in [2.05, 4.69) is 153 Å². The fourth-order valence-electron chi connectivity index (χ4n) is 7.81. The van der Waals surface area contributed by atoms with Crippen molar-refractivity contribution < 1.29 is 0 Å². The first-order valence-electron chi connectivity index (χ1n) is 16.2. The van der Waals surface area contributed by atoms with Crippen LogP contribution in [0.3, 0.4) is 0 Å². The molecule has 0 N–H and O–H groups in total. The van der Waals surface area contributed by atoms with Crippen molar-refractivity contribution in [2.75, 3.05) is 0 Å². The van der Waals surface area contributed by atoms with Crippen LogP contribution in [0.4, 0.5) is 0 Å². The van der Waals surface area contributed by atoms with Crippen LogP contribution in [0, 0.1) is 22.7 Å². The van der Waals surface area contributed by atoms with Crippen LogP contribution in [-0.4, -0.2) is 13.7 Å². The van der Waals surface area contributed by atoms with E-state index in [0.29, 0.717) is 11.1 Å². The molecule has 0 aliphatic heterocycles. The third-order valence-electron chi connectivity index (χ3n) is 9.85. The van der Waals surface area contributed by atoms with Gasteiger partial charge in [-0.05, 0) is 78.9 Å². The monoisotopic (exact) mass is 623 g/mol. The lowest BCUT2D eigenvalue weighted by Crippen LogP contribution is -2.03. The molecule has 0 saturated carbocycles. The van der Waals surface area contributed by atoms with Crippen LogP contribution in [0.25, 0.3) is 82.5 Å². The van der Waals surface area contributed by atoms with Gasteiger partial charge in [-0.2, -0.15) is 10.5 Å². The Bertz CT molecular complexity index is 2880. The van der Waals surface area contributed by atoms with Gasteiger partial charge in [-0.25, -0.2) is 0 Å². The zero-order valence-corrected chi connectivity index (χ0v) is 26.2. The van der Waals surface area contributed by atoms with Gasteiger partial charge in [-0.3, -0.25) is 0 Å². The fraction of sp³-hybridized carbons (Fsp3) is 0. The number of nitrogens with zero attached hydrogens (tertiary/aromatic N) is 5. The van der Waals surface area contributed by atoms with Crippen molar-refractivity contribution >= 4 is 65.4 Å². The minimum atomic E-state index is 0.636. The summed E-state index contributed by atoms with van der Waals surface area (Å²) >= 11 is 0. The van der Waals surface area contributed by atoms with E-state index in [1.54, 1.807) is 0 Å². The number of aromatic nitrogens is 3. The molecule has 0 spiro atoms. The summed E-state index contributed by atoms with van der Waals surface area (Å²) in [6.07, 6.45) is 0. The van der Waals surface area contributed by atoms with Gasteiger partial charge in [0.25, 0.3) is 0 Å². The van der Waals surface area contributed by atoms with E-state index in [1.807, 2.05) is 24.3 Å². The normalized spacial score (nSPS) is 11.6. The molecule has 0 unspecified atom stereocenters. The molecular weight excluding hydrogens is 599 g/mol. The van der Waals surface area contributed by atoms with Crippen LogP contribution in [0.5, 0.6) is 0 Å². The van der Waals surface area contributed by atoms with Gasteiger partial charge in [-0.15, -0.1) is 0 Å². The molecule has 3 aromatic heterocycles. The molecule has 0 saturated heterocycles. The molecule has 0 aliphatic carbocycles. The average Bonchev–Trinajstić information content (AvgIpc) is 3.80. The van der Waals surface area contributed by atoms with Gasteiger partial charge in [-0.1, -0.05) is 72.8 Å². The highest BCUT2D eigenvalue weighted by atomic mass is 15.0. The predicted molar refractivity (Wildman–Crippen MR) is 199 cm³/mol. The number of para-hydroxylation sites is 4. The maximum atomic E-state index is 9.78. The van der Waals surface area contributed by atoms with Crippen molar-refractivity contribution in [3.8, 4) is 29.2 Å². The maximum absolute atomic E-state index is 9.78. The Morgan fingerprint density at radius 3 is 0.918 bits per heavy atom. The topological polar surface area (TPSA) is 62.4 Å². The number of fused-ring (bicyclic) bond motifs is 9. The number of hydrogen-bond donors (Lipinski definition) is 0. The van der Waals surface area contributed by atoms with E-state index in [9.17, 15) is 10.5 Å². The smallest absolute Gasteiger partial charge is 0.0991 e. The van der Waals surface area contributed by atoms with Crippen molar-refractivity contribution in [2.24, 2.45) is 0 Å². The van der Waals surface area contributed by atoms with Crippen molar-refractivity contribution in [3.05, 3.63) is 163 Å². The molecule has 0 atom stereocenters. The zero-order chi connectivity index (χ0) is 32.6. The molecule has 0 aliphatic rings. The summed E-state index contributed by atoms with van der Waals surface area (Å²) in [6.45, 7) is 0. The largest absolute Gasteiger partial charge is 0.309 e. The molecule has 5 heteroatoms. The second-order valence-corrected chi connectivity index (χ2v) is 12.5. The third kappa shape index (κ3) is 3.85. The molecule has 10 rings (SSSR count). The van der Waals surface area contributed by atoms with Gasteiger partial charge in [0.05, 0.1) is 73.4 Å². The minimum Gasteiger partial charge on any atom is -0.309 e. The van der Waals surface area contributed by atoms with Crippen molar-refractivity contribution in [1.82, 2.24) is 13.7 Å². The SMILES string of the molecule is N#Cc1ccc2c(c1)c1ccccc1n2-c1cc(-n2c3ccccc3c3ccccc32)cc(-n2c3ccccc3c3cc(C#N)ccc32)c1. The van der Waals surface area contributed by atoms with E-state index in [-0.39, 0.29) is 0 Å². The summed E-state index contributed by atoms with van der Waals surface area (Å²) in [4.78, 5) is 0. The quantitative estimate of drug-likeness (QED) is 0.197. The summed E-state index contributed by atoms with van der Waals surface area (Å²) < 4.78 is 6.99. The average molecular weight is 624 g/mol. The lowest BCUT2D eigenvalue weighted by molar-refractivity contribution is 1.10.